The highest BCUT2D eigenvalue weighted by Crippen LogP contribution is 2.53. The largest absolute Gasteiger partial charge is 0.505 e. The number of hydrogen-bond donors (Lipinski definition) is 2. The van der Waals surface area contributed by atoms with Gasteiger partial charge in [-0.2, -0.15) is 0 Å². The van der Waals surface area contributed by atoms with Crippen molar-refractivity contribution < 1.29 is 65.5 Å². The number of phenolic OH excluding ortho intramolecular Hbond substituents is 2. The molecule has 12 nitrogen and oxygen atoms in total. The van der Waals surface area contributed by atoms with E-state index in [0.29, 0.717) is 102 Å². The minimum absolute atomic E-state index is 0.0108. The number of aromatic nitrogens is 2. The van der Waals surface area contributed by atoms with Crippen LogP contribution in [-0.4, -0.2) is 91.6 Å². The number of halogens is 6. The number of para-hydroxylation sites is 4. The fraction of sp³-hybridized carbons (Fsp3) is 0.284. The molecule has 2 aromatic heterocycles. The minimum Gasteiger partial charge on any atom is -0.505 e. The van der Waals surface area contributed by atoms with Crippen molar-refractivity contribution in [1.82, 2.24) is 9.13 Å². The van der Waals surface area contributed by atoms with E-state index in [4.69, 9.17) is 37.7 Å². The SMILES string of the molecule is CC(C)[Si](COc1ccc(F)cc1Br)(COc1ccc(F)cc1Br)C(C)C.Cc1cc(-c2cc(F)ccc2OC[Si](COc2ccc(F)cc2-c2cc(C)cc(-n3c4ccccc4c4ccccc43)c2O)(C(C)C)C(C)C)c(O)c(-n2c3ccccc3c3ccccc32)c1.Cc1cc(B2OC(C)(C)C(C)(C)O2)c(OC2CCCCO2)c(C2c3ccccc3-c3ccccc32)c1. The Bertz CT molecular complexity index is 6260. The van der Waals surface area contributed by atoms with E-state index in [-0.39, 0.29) is 46.4 Å². The van der Waals surface area contributed by atoms with Crippen LogP contribution in [0.15, 0.2) is 264 Å². The third-order valence-corrected chi connectivity index (χ3v) is 40.4. The number of hydrogen-bond acceptors (Lipinski definition) is 10. The van der Waals surface area contributed by atoms with Crippen molar-refractivity contribution in [3.05, 3.63) is 320 Å². The van der Waals surface area contributed by atoms with Gasteiger partial charge < -0.3 is 57.1 Å². The van der Waals surface area contributed by atoms with Gasteiger partial charge in [0.15, 0.2) is 6.29 Å². The van der Waals surface area contributed by atoms with Gasteiger partial charge in [0, 0.05) is 67.2 Å². The monoisotopic (exact) mass is 1910 g/mol. The van der Waals surface area contributed by atoms with Gasteiger partial charge in [0.2, 0.25) is 0 Å². The van der Waals surface area contributed by atoms with E-state index in [1.54, 1.807) is 24.3 Å². The van der Waals surface area contributed by atoms with Crippen LogP contribution in [0.5, 0.6) is 40.2 Å². The maximum Gasteiger partial charge on any atom is 0.498 e. The summed E-state index contributed by atoms with van der Waals surface area (Å²) < 4.78 is 115. The van der Waals surface area contributed by atoms with Crippen molar-refractivity contribution in [2.75, 3.05) is 31.5 Å². The van der Waals surface area contributed by atoms with E-state index in [0.717, 1.165) is 103 Å². The molecule has 0 radical (unpaired) electrons. The molecule has 4 heterocycles. The summed E-state index contributed by atoms with van der Waals surface area (Å²) in [6.07, 6.45) is 4.52. The lowest BCUT2D eigenvalue weighted by Crippen LogP contribution is -2.53. The Morgan fingerprint density at radius 2 is 0.746 bits per heavy atom. The second kappa shape index (κ2) is 38.1. The van der Waals surface area contributed by atoms with Crippen LogP contribution in [0.2, 0.25) is 22.2 Å². The summed E-state index contributed by atoms with van der Waals surface area (Å²) in [7, 11) is -5.21. The molecule has 18 rings (SSSR count). The van der Waals surface area contributed by atoms with Gasteiger partial charge in [0.1, 0.15) is 79.7 Å². The number of aryl methyl sites for hydroxylation is 3. The Hall–Kier alpha value is -10.9. The van der Waals surface area contributed by atoms with Crippen LogP contribution in [-0.2, 0) is 14.0 Å². The lowest BCUT2D eigenvalue weighted by molar-refractivity contribution is -0.105. The van der Waals surface area contributed by atoms with Crippen LogP contribution in [0.3, 0.4) is 0 Å². The molecule has 2 fully saturated rings. The van der Waals surface area contributed by atoms with Gasteiger partial charge in [0.25, 0.3) is 0 Å². The molecule has 130 heavy (non-hydrogen) atoms. The molecule has 2 saturated heterocycles. The molecule has 0 bridgehead atoms. The van der Waals surface area contributed by atoms with Crippen LogP contribution in [0.4, 0.5) is 17.6 Å². The summed E-state index contributed by atoms with van der Waals surface area (Å²) in [5.74, 6) is 1.53. The first-order valence-electron chi connectivity index (χ1n) is 44.9. The molecular weight excluding hydrogens is 1800 g/mol. The van der Waals surface area contributed by atoms with E-state index in [2.05, 4.69) is 216 Å². The molecule has 670 valence electrons. The first-order valence-corrected chi connectivity index (χ1v) is 51.6. The topological polar surface area (TPSA) is 124 Å². The molecule has 21 heteroatoms. The highest BCUT2D eigenvalue weighted by atomic mass is 79.9. The molecule has 3 aliphatic rings. The molecule has 0 amide bonds. The van der Waals surface area contributed by atoms with Crippen molar-refractivity contribution in [3.8, 4) is 85.0 Å². The van der Waals surface area contributed by atoms with E-state index < -0.39 is 46.1 Å². The highest BCUT2D eigenvalue weighted by Gasteiger charge is 2.54. The van der Waals surface area contributed by atoms with E-state index in [9.17, 15) is 19.0 Å². The standard InChI is InChI=1S/C58H52F2N2O4Si.C31H35BO4.C20H24Br2F2O2Si/c1-35(2)67(36(3)4,33-65-55-25-23-39(59)31-45(55)47-27-37(5)29-53(57(47)63)61-49-19-11-7-15-41(49)42-16-8-12-20-50(42)61)34-66-56-26-24-40(60)32-46(56)48-28-38(6)30-54(58(48)64)62-51-21-13-9-17-43(51)44-18-10-14-22-52(44)62;1-20-18-25(28-23-14-8-6-12-21(23)22-13-7-9-15-24(22)28)29(34-27-16-10-11-17-33-27)26(19-20)32-35-30(2,3)31(4,5)36-32;1-13(2)27(14(3)4,11-25-19-7-5-15(23)9-17(19)21)12-26-20-8-6-16(24)10-18(20)22/h7-32,35-36,63-64H,33-34H2,1-6H3;6-9,12-15,18-19,27-28H,10-11,16-17H2,1-5H3;5-10,13-14H,11-12H2,1-4H3. The van der Waals surface area contributed by atoms with Crippen molar-refractivity contribution in [2.45, 2.75) is 169 Å². The summed E-state index contributed by atoms with van der Waals surface area (Å²) in [5, 5.41) is 28.8. The van der Waals surface area contributed by atoms with E-state index in [1.165, 1.54) is 70.8 Å². The number of ether oxygens (including phenoxy) is 6. The molecule has 0 spiro atoms. The quantitative estimate of drug-likeness (QED) is 0.0446. The zero-order valence-corrected chi connectivity index (χ0v) is 81.4. The lowest BCUT2D eigenvalue weighted by atomic mass is 9.74. The number of aromatic hydroxyl groups is 2. The number of fused-ring (bicyclic) bond motifs is 9. The van der Waals surface area contributed by atoms with Gasteiger partial charge in [-0.25, -0.2) is 17.6 Å². The third-order valence-electron chi connectivity index (χ3n) is 27.3. The maximum atomic E-state index is 15.4. The Labute approximate surface area is 778 Å². The van der Waals surface area contributed by atoms with Crippen LogP contribution >= 0.6 is 31.9 Å². The molecule has 13 aromatic carbocycles. The highest BCUT2D eigenvalue weighted by molar-refractivity contribution is 9.11. The first kappa shape index (κ1) is 92.4. The first-order chi connectivity index (χ1) is 62.2. The number of benzene rings is 13. The maximum absolute atomic E-state index is 15.4. The van der Waals surface area contributed by atoms with Crippen LogP contribution in [0, 0.1) is 44.0 Å². The van der Waals surface area contributed by atoms with E-state index in [1.807, 2.05) is 111 Å². The number of phenols is 2. The molecule has 1 aliphatic carbocycles. The van der Waals surface area contributed by atoms with Gasteiger partial charge in [-0.05, 0) is 270 Å². The summed E-state index contributed by atoms with van der Waals surface area (Å²) in [5.41, 5.74) is 17.2. The minimum atomic E-state index is -2.64. The Balaban J connectivity index is 0.000000163. The fourth-order valence-corrected chi connectivity index (χ4v) is 27.0. The average molecular weight is 1910 g/mol. The van der Waals surface area contributed by atoms with Gasteiger partial charge in [-0.3, -0.25) is 0 Å². The van der Waals surface area contributed by atoms with Crippen molar-refractivity contribution >= 4 is 104 Å². The molecular formula is C109H111BBr2F4N2O10Si2. The second-order valence-corrected chi connectivity index (χ2v) is 49.6. The number of rotatable bonds is 24. The van der Waals surface area contributed by atoms with Gasteiger partial charge in [-0.15, -0.1) is 0 Å². The second-order valence-electron chi connectivity index (χ2n) is 37.2. The lowest BCUT2D eigenvalue weighted by Gasteiger charge is -2.38. The summed E-state index contributed by atoms with van der Waals surface area (Å²) in [6, 6.07) is 79.8. The Morgan fingerprint density at radius 3 is 1.12 bits per heavy atom. The van der Waals surface area contributed by atoms with Gasteiger partial charge in [0.05, 0.1) is 85.1 Å². The van der Waals surface area contributed by atoms with Crippen LogP contribution < -0.4 is 29.1 Å². The molecule has 1 atom stereocenters. The predicted octanol–water partition coefficient (Wildman–Crippen LogP) is 29.0. The van der Waals surface area contributed by atoms with Gasteiger partial charge in [-0.1, -0.05) is 194 Å². The average Bonchev–Trinajstić information content (AvgIpc) is 1.57. The van der Waals surface area contributed by atoms with E-state index >= 15 is 8.78 Å². The van der Waals surface area contributed by atoms with Gasteiger partial charge >= 0.3 is 7.12 Å². The number of nitrogens with zero attached hydrogens (tertiary/aromatic N) is 2. The zero-order chi connectivity index (χ0) is 92.0. The summed E-state index contributed by atoms with van der Waals surface area (Å²) in [6.45, 7) is 32.7. The molecule has 1 unspecified atom stereocenters. The Kier molecular flexibility index (Phi) is 27.1. The molecule has 2 N–H and O–H groups in total. The fourth-order valence-electron chi connectivity index (χ4n) is 18.8. The van der Waals surface area contributed by atoms with Crippen molar-refractivity contribution in [3.63, 3.8) is 0 Å². The smallest absolute Gasteiger partial charge is 0.498 e. The van der Waals surface area contributed by atoms with Crippen molar-refractivity contribution in [2.24, 2.45) is 0 Å². The molecule has 2 aliphatic heterocycles. The molecule has 0 saturated carbocycles. The van der Waals surface area contributed by atoms with Crippen LogP contribution in [0.25, 0.3) is 88.4 Å². The summed E-state index contributed by atoms with van der Waals surface area (Å²) in [4.78, 5) is 0. The predicted molar refractivity (Wildman–Crippen MR) is 531 cm³/mol. The summed E-state index contributed by atoms with van der Waals surface area (Å²) >= 11 is 6.72. The zero-order valence-electron chi connectivity index (χ0n) is 76.3. The molecule has 15 aromatic rings. The van der Waals surface area contributed by atoms with Crippen molar-refractivity contribution in [1.29, 1.82) is 0 Å². The normalized spacial score (nSPS) is 14.9. The van der Waals surface area contributed by atoms with Crippen LogP contribution in [0.1, 0.15) is 142 Å². The Morgan fingerprint density at radius 1 is 0.400 bits per heavy atom. The third kappa shape index (κ3) is 18.3.